The summed E-state index contributed by atoms with van der Waals surface area (Å²) < 4.78 is 12.0. The highest BCUT2D eigenvalue weighted by Gasteiger charge is 2.20. The molecule has 0 saturated carbocycles. The second-order valence-corrected chi connectivity index (χ2v) is 4.58. The fraction of sp³-hybridized carbons (Fsp3) is 0.615. The molecule has 0 unspecified atom stereocenters. The third-order valence-electron chi connectivity index (χ3n) is 3.09. The molecule has 1 aromatic heterocycles. The van der Waals surface area contributed by atoms with Crippen molar-refractivity contribution in [2.24, 2.45) is 14.1 Å². The van der Waals surface area contributed by atoms with Crippen LogP contribution in [0.25, 0.3) is 0 Å². The second kappa shape index (κ2) is 7.75. The molecule has 1 amide bonds. The fourth-order valence-electron chi connectivity index (χ4n) is 1.84. The van der Waals surface area contributed by atoms with Crippen LogP contribution in [0.1, 0.15) is 10.4 Å². The van der Waals surface area contributed by atoms with E-state index in [1.807, 2.05) is 0 Å². The van der Waals surface area contributed by atoms with E-state index in [4.69, 9.17) is 9.47 Å². The number of rotatable bonds is 7. The van der Waals surface area contributed by atoms with Crippen molar-refractivity contribution in [1.29, 1.82) is 0 Å². The normalized spacial score (nSPS) is 10.7. The van der Waals surface area contributed by atoms with E-state index >= 15 is 0 Å². The first-order valence-corrected chi connectivity index (χ1v) is 6.47. The topological polar surface area (TPSA) is 82.8 Å². The Morgan fingerprint density at radius 1 is 1.14 bits per heavy atom. The Kier molecular flexibility index (Phi) is 6.32. The Morgan fingerprint density at radius 2 is 1.67 bits per heavy atom. The molecule has 0 atom stereocenters. The molecule has 1 aromatic rings. The van der Waals surface area contributed by atoms with Crippen molar-refractivity contribution < 1.29 is 14.3 Å². The van der Waals surface area contributed by atoms with E-state index < -0.39 is 17.2 Å². The van der Waals surface area contributed by atoms with Gasteiger partial charge in [0.25, 0.3) is 11.5 Å². The van der Waals surface area contributed by atoms with E-state index in [0.717, 1.165) is 4.57 Å². The van der Waals surface area contributed by atoms with Gasteiger partial charge < -0.3 is 18.9 Å². The Hall–Kier alpha value is -1.93. The van der Waals surface area contributed by atoms with Gasteiger partial charge in [-0.2, -0.15) is 0 Å². The third-order valence-corrected chi connectivity index (χ3v) is 3.09. The summed E-state index contributed by atoms with van der Waals surface area (Å²) in [5.74, 6) is -0.444. The Bertz CT molecular complexity index is 597. The van der Waals surface area contributed by atoms with Crippen molar-refractivity contribution in [3.05, 3.63) is 32.6 Å². The van der Waals surface area contributed by atoms with Gasteiger partial charge in [0.15, 0.2) is 0 Å². The maximum absolute atomic E-state index is 12.5. The van der Waals surface area contributed by atoms with Crippen molar-refractivity contribution in [3.63, 3.8) is 0 Å². The van der Waals surface area contributed by atoms with Crippen molar-refractivity contribution in [1.82, 2.24) is 14.0 Å². The van der Waals surface area contributed by atoms with Crippen LogP contribution < -0.4 is 11.2 Å². The minimum absolute atomic E-state index is 0.0493. The van der Waals surface area contributed by atoms with Crippen LogP contribution in [-0.4, -0.2) is 60.5 Å². The molecule has 0 aliphatic heterocycles. The number of carbonyl (C=O) groups is 1. The number of amides is 1. The van der Waals surface area contributed by atoms with Crippen LogP contribution in [0.15, 0.2) is 15.8 Å². The number of hydrogen-bond acceptors (Lipinski definition) is 5. The Labute approximate surface area is 122 Å². The molecule has 8 heteroatoms. The van der Waals surface area contributed by atoms with Crippen molar-refractivity contribution >= 4 is 5.91 Å². The van der Waals surface area contributed by atoms with Crippen LogP contribution in [0, 0.1) is 0 Å². The Morgan fingerprint density at radius 3 is 2.14 bits per heavy atom. The van der Waals surface area contributed by atoms with Gasteiger partial charge >= 0.3 is 5.69 Å². The predicted molar refractivity (Wildman–Crippen MR) is 76.6 cm³/mol. The molecule has 0 aliphatic rings. The van der Waals surface area contributed by atoms with Crippen molar-refractivity contribution in [2.75, 3.05) is 40.5 Å². The summed E-state index contributed by atoms with van der Waals surface area (Å²) in [6.07, 6.45) is 1.26. The molecule has 0 N–H and O–H groups in total. The van der Waals surface area contributed by atoms with E-state index in [1.165, 1.54) is 44.0 Å². The van der Waals surface area contributed by atoms with Gasteiger partial charge in [-0.05, 0) is 0 Å². The molecular formula is C13H21N3O5. The van der Waals surface area contributed by atoms with Gasteiger partial charge in [0.2, 0.25) is 0 Å². The summed E-state index contributed by atoms with van der Waals surface area (Å²) in [7, 11) is 5.90. The highest BCUT2D eigenvalue weighted by atomic mass is 16.5. The van der Waals surface area contributed by atoms with E-state index in [0.29, 0.717) is 26.3 Å². The standard InChI is InChI=1S/C13H21N3O5/c1-14-9-10(11(17)15(2)13(14)19)12(18)16(5-7-20-3)6-8-21-4/h9H,5-8H2,1-4H3. The van der Waals surface area contributed by atoms with E-state index in [1.54, 1.807) is 0 Å². The van der Waals surface area contributed by atoms with E-state index in [9.17, 15) is 14.4 Å². The number of nitrogens with zero attached hydrogens (tertiary/aromatic N) is 3. The minimum Gasteiger partial charge on any atom is -0.383 e. The van der Waals surface area contributed by atoms with Crippen LogP contribution in [0.3, 0.4) is 0 Å². The average Bonchev–Trinajstić information content (AvgIpc) is 2.48. The molecule has 0 aliphatic carbocycles. The van der Waals surface area contributed by atoms with Gasteiger partial charge in [-0.3, -0.25) is 14.2 Å². The number of aromatic nitrogens is 2. The maximum atomic E-state index is 12.5. The molecule has 0 fully saturated rings. The predicted octanol–water partition coefficient (Wildman–Crippen LogP) is -1.18. The van der Waals surface area contributed by atoms with Gasteiger partial charge in [0.05, 0.1) is 13.2 Å². The van der Waals surface area contributed by atoms with Gasteiger partial charge in [0, 0.05) is 47.6 Å². The molecule has 118 valence electrons. The summed E-state index contributed by atoms with van der Waals surface area (Å²) >= 11 is 0. The first kappa shape index (κ1) is 17.1. The van der Waals surface area contributed by atoms with Crippen molar-refractivity contribution in [2.45, 2.75) is 0 Å². The quantitative estimate of drug-likeness (QED) is 0.633. The summed E-state index contributed by atoms with van der Waals surface area (Å²) in [6.45, 7) is 1.37. The molecule has 0 bridgehead atoms. The molecular weight excluding hydrogens is 278 g/mol. The fourth-order valence-corrected chi connectivity index (χ4v) is 1.84. The lowest BCUT2D eigenvalue weighted by molar-refractivity contribution is 0.0624. The minimum atomic E-state index is -0.608. The third kappa shape index (κ3) is 4.02. The van der Waals surface area contributed by atoms with Crippen LogP contribution >= 0.6 is 0 Å². The van der Waals surface area contributed by atoms with Crippen LogP contribution in [-0.2, 0) is 23.6 Å². The van der Waals surface area contributed by atoms with Crippen LogP contribution in [0.2, 0.25) is 0 Å². The molecule has 0 aromatic carbocycles. The zero-order valence-electron chi connectivity index (χ0n) is 12.8. The van der Waals surface area contributed by atoms with Crippen LogP contribution in [0.4, 0.5) is 0 Å². The summed E-state index contributed by atoms with van der Waals surface area (Å²) in [5, 5.41) is 0. The van der Waals surface area contributed by atoms with Gasteiger partial charge in [-0.15, -0.1) is 0 Å². The summed E-state index contributed by atoms with van der Waals surface area (Å²) in [6, 6.07) is 0. The molecule has 8 nitrogen and oxygen atoms in total. The highest BCUT2D eigenvalue weighted by molar-refractivity contribution is 5.93. The molecule has 0 radical (unpaired) electrons. The maximum Gasteiger partial charge on any atom is 0.330 e. The number of carbonyl (C=O) groups excluding carboxylic acids is 1. The molecule has 1 heterocycles. The molecule has 1 rings (SSSR count). The SMILES string of the molecule is COCCN(CCOC)C(=O)c1cn(C)c(=O)n(C)c1=O. The summed E-state index contributed by atoms with van der Waals surface area (Å²) in [5.41, 5.74) is -1.13. The monoisotopic (exact) mass is 299 g/mol. The highest BCUT2D eigenvalue weighted by Crippen LogP contribution is 1.99. The number of methoxy groups -OCH3 is 2. The lowest BCUT2D eigenvalue weighted by Crippen LogP contribution is -2.44. The largest absolute Gasteiger partial charge is 0.383 e. The van der Waals surface area contributed by atoms with Crippen LogP contribution in [0.5, 0.6) is 0 Å². The zero-order chi connectivity index (χ0) is 16.0. The first-order valence-electron chi connectivity index (χ1n) is 6.47. The smallest absolute Gasteiger partial charge is 0.330 e. The second-order valence-electron chi connectivity index (χ2n) is 4.58. The lowest BCUT2D eigenvalue weighted by atomic mass is 10.2. The van der Waals surface area contributed by atoms with Gasteiger partial charge in [0.1, 0.15) is 5.56 Å². The summed E-state index contributed by atoms with van der Waals surface area (Å²) in [4.78, 5) is 37.7. The Balaban J connectivity index is 3.14. The lowest BCUT2D eigenvalue weighted by Gasteiger charge is -2.22. The van der Waals surface area contributed by atoms with E-state index in [-0.39, 0.29) is 5.56 Å². The molecule has 0 spiro atoms. The van der Waals surface area contributed by atoms with E-state index in [2.05, 4.69) is 0 Å². The van der Waals surface area contributed by atoms with Gasteiger partial charge in [-0.1, -0.05) is 0 Å². The van der Waals surface area contributed by atoms with Crippen molar-refractivity contribution in [3.8, 4) is 0 Å². The number of ether oxygens (including phenoxy) is 2. The molecule has 0 saturated heterocycles. The zero-order valence-corrected chi connectivity index (χ0v) is 12.8. The molecule has 21 heavy (non-hydrogen) atoms. The number of aryl methyl sites for hydroxylation is 1. The first-order chi connectivity index (χ1) is 9.93. The van der Waals surface area contributed by atoms with Gasteiger partial charge in [-0.25, -0.2) is 4.79 Å². The average molecular weight is 299 g/mol. The number of hydrogen-bond donors (Lipinski definition) is 0.